The molecule has 1 aromatic carbocycles. The number of Topliss-reactive ketones (excluding diaryl/α,β-unsaturated/α-hetero) is 1. The lowest BCUT2D eigenvalue weighted by atomic mass is 10.1. The summed E-state index contributed by atoms with van der Waals surface area (Å²) in [5.74, 6) is 0.329. The van der Waals surface area contributed by atoms with E-state index in [1.54, 1.807) is 6.07 Å². The van der Waals surface area contributed by atoms with Crippen molar-refractivity contribution < 1.29 is 9.59 Å². The number of carbonyl (C=O) groups is 2. The molecule has 0 unspecified atom stereocenters. The maximum Gasteiger partial charge on any atom is 0.226 e. The number of benzene rings is 1. The first kappa shape index (κ1) is 11.8. The molecule has 0 radical (unpaired) electrons. The molecule has 0 atom stereocenters. The highest BCUT2D eigenvalue weighted by Crippen LogP contribution is 2.33. The van der Waals surface area contributed by atoms with Crippen molar-refractivity contribution in [1.82, 2.24) is 0 Å². The fourth-order valence-electron chi connectivity index (χ4n) is 1.62. The second-order valence-electron chi connectivity index (χ2n) is 4.86. The molecule has 2 rings (SSSR count). The summed E-state index contributed by atoms with van der Waals surface area (Å²) in [6.07, 6.45) is 2.00. The summed E-state index contributed by atoms with van der Waals surface area (Å²) in [5.41, 5.74) is 1.41. The van der Waals surface area contributed by atoms with Gasteiger partial charge in [0.15, 0.2) is 5.78 Å². The van der Waals surface area contributed by atoms with Gasteiger partial charge in [-0.2, -0.15) is 0 Å². The zero-order valence-electron chi connectivity index (χ0n) is 10.2. The SMILES string of the molecule is CC(C)C(=O)Nc1cccc(C(=O)C2CC2)c1. The average Bonchev–Trinajstić information content (AvgIpc) is 3.12. The van der Waals surface area contributed by atoms with Gasteiger partial charge in [-0.05, 0) is 25.0 Å². The molecule has 90 valence electrons. The largest absolute Gasteiger partial charge is 0.326 e. The molecule has 0 bridgehead atoms. The molecule has 1 aliphatic carbocycles. The zero-order valence-corrected chi connectivity index (χ0v) is 10.2. The minimum absolute atomic E-state index is 0.0268. The maximum atomic E-state index is 11.9. The van der Waals surface area contributed by atoms with Crippen LogP contribution in [0.4, 0.5) is 5.69 Å². The molecule has 3 heteroatoms. The second kappa shape index (κ2) is 4.70. The first-order valence-electron chi connectivity index (χ1n) is 6.03. The third kappa shape index (κ3) is 2.93. The lowest BCUT2D eigenvalue weighted by molar-refractivity contribution is -0.118. The summed E-state index contributed by atoms with van der Waals surface area (Å²) in [4.78, 5) is 23.4. The average molecular weight is 231 g/mol. The van der Waals surface area contributed by atoms with E-state index in [1.165, 1.54) is 0 Å². The van der Waals surface area contributed by atoms with E-state index in [2.05, 4.69) is 5.32 Å². The van der Waals surface area contributed by atoms with Gasteiger partial charge >= 0.3 is 0 Å². The predicted molar refractivity (Wildman–Crippen MR) is 67.0 cm³/mol. The van der Waals surface area contributed by atoms with Crippen molar-refractivity contribution >= 4 is 17.4 Å². The van der Waals surface area contributed by atoms with Crippen molar-refractivity contribution in [3.63, 3.8) is 0 Å². The Kier molecular flexibility index (Phi) is 3.27. The minimum Gasteiger partial charge on any atom is -0.326 e. The zero-order chi connectivity index (χ0) is 12.4. The van der Waals surface area contributed by atoms with Crippen LogP contribution < -0.4 is 5.32 Å². The fraction of sp³-hybridized carbons (Fsp3) is 0.429. The van der Waals surface area contributed by atoms with Gasteiger partial charge in [0.25, 0.3) is 0 Å². The fourth-order valence-corrected chi connectivity index (χ4v) is 1.62. The molecule has 17 heavy (non-hydrogen) atoms. The van der Waals surface area contributed by atoms with Crippen molar-refractivity contribution in [3.8, 4) is 0 Å². The molecule has 1 fully saturated rings. The Balaban J connectivity index is 2.11. The van der Waals surface area contributed by atoms with Crippen LogP contribution in [0.15, 0.2) is 24.3 Å². The Morgan fingerprint density at radius 3 is 2.59 bits per heavy atom. The Bertz CT molecular complexity index is 447. The summed E-state index contributed by atoms with van der Waals surface area (Å²) in [6.45, 7) is 3.68. The van der Waals surface area contributed by atoms with Crippen molar-refractivity contribution in [2.75, 3.05) is 5.32 Å². The molecule has 0 saturated heterocycles. The molecule has 3 nitrogen and oxygen atoms in total. The van der Waals surface area contributed by atoms with E-state index < -0.39 is 0 Å². The number of amides is 1. The molecule has 1 aliphatic rings. The molecule has 0 aliphatic heterocycles. The smallest absolute Gasteiger partial charge is 0.226 e. The molecular formula is C14H17NO2. The monoisotopic (exact) mass is 231 g/mol. The summed E-state index contributed by atoms with van der Waals surface area (Å²) >= 11 is 0. The van der Waals surface area contributed by atoms with Gasteiger partial charge in [0.1, 0.15) is 0 Å². The van der Waals surface area contributed by atoms with E-state index in [1.807, 2.05) is 32.0 Å². The van der Waals surface area contributed by atoms with Crippen LogP contribution in [0, 0.1) is 11.8 Å². The van der Waals surface area contributed by atoms with Crippen molar-refractivity contribution in [2.24, 2.45) is 11.8 Å². The van der Waals surface area contributed by atoms with Crippen LogP contribution in [-0.2, 0) is 4.79 Å². The van der Waals surface area contributed by atoms with E-state index >= 15 is 0 Å². The molecule has 1 amide bonds. The van der Waals surface area contributed by atoms with Crippen LogP contribution in [-0.4, -0.2) is 11.7 Å². The molecule has 1 aromatic rings. The van der Waals surface area contributed by atoms with Crippen molar-refractivity contribution in [2.45, 2.75) is 26.7 Å². The first-order chi connectivity index (χ1) is 8.08. The van der Waals surface area contributed by atoms with Gasteiger partial charge in [-0.3, -0.25) is 9.59 Å². The topological polar surface area (TPSA) is 46.2 Å². The highest BCUT2D eigenvalue weighted by Gasteiger charge is 2.30. The molecule has 1 saturated carbocycles. The number of hydrogen-bond donors (Lipinski definition) is 1. The third-order valence-electron chi connectivity index (χ3n) is 2.89. The highest BCUT2D eigenvalue weighted by molar-refractivity contribution is 6.01. The lowest BCUT2D eigenvalue weighted by Gasteiger charge is -2.08. The van der Waals surface area contributed by atoms with Crippen LogP contribution in [0.1, 0.15) is 37.0 Å². The quantitative estimate of drug-likeness (QED) is 0.810. The Morgan fingerprint density at radius 1 is 1.29 bits per heavy atom. The number of carbonyl (C=O) groups excluding carboxylic acids is 2. The van der Waals surface area contributed by atoms with Gasteiger partial charge in [-0.25, -0.2) is 0 Å². The van der Waals surface area contributed by atoms with Crippen LogP contribution in [0.2, 0.25) is 0 Å². The van der Waals surface area contributed by atoms with Crippen molar-refractivity contribution in [1.29, 1.82) is 0 Å². The van der Waals surface area contributed by atoms with Crippen LogP contribution in [0.25, 0.3) is 0 Å². The van der Waals surface area contributed by atoms with E-state index in [4.69, 9.17) is 0 Å². The summed E-state index contributed by atoms with van der Waals surface area (Å²) < 4.78 is 0. The molecule has 0 heterocycles. The molecule has 0 aromatic heterocycles. The predicted octanol–water partition coefficient (Wildman–Crippen LogP) is 2.87. The highest BCUT2D eigenvalue weighted by atomic mass is 16.2. The van der Waals surface area contributed by atoms with Crippen LogP contribution >= 0.6 is 0 Å². The number of anilines is 1. The number of nitrogens with one attached hydrogen (secondary N) is 1. The number of hydrogen-bond acceptors (Lipinski definition) is 2. The van der Waals surface area contributed by atoms with Gasteiger partial charge in [0.05, 0.1) is 0 Å². The third-order valence-corrected chi connectivity index (χ3v) is 2.89. The number of rotatable bonds is 4. The number of ketones is 1. The summed E-state index contributed by atoms with van der Waals surface area (Å²) in [7, 11) is 0. The van der Waals surface area contributed by atoms with E-state index in [9.17, 15) is 9.59 Å². The van der Waals surface area contributed by atoms with E-state index in [0.29, 0.717) is 11.3 Å². The molecular weight excluding hydrogens is 214 g/mol. The van der Waals surface area contributed by atoms with Gasteiger partial charge in [0, 0.05) is 23.1 Å². The van der Waals surface area contributed by atoms with Crippen LogP contribution in [0.3, 0.4) is 0 Å². The normalized spacial score (nSPS) is 14.8. The summed E-state index contributed by atoms with van der Waals surface area (Å²) in [6, 6.07) is 7.20. The van der Waals surface area contributed by atoms with E-state index in [-0.39, 0.29) is 23.5 Å². The minimum atomic E-state index is -0.0576. The van der Waals surface area contributed by atoms with Gasteiger partial charge < -0.3 is 5.32 Å². The van der Waals surface area contributed by atoms with Crippen molar-refractivity contribution in [3.05, 3.63) is 29.8 Å². The molecule has 1 N–H and O–H groups in total. The maximum absolute atomic E-state index is 11.9. The standard InChI is InChI=1S/C14H17NO2/c1-9(2)14(17)15-12-5-3-4-11(8-12)13(16)10-6-7-10/h3-5,8-10H,6-7H2,1-2H3,(H,15,17). The Labute approximate surface area is 101 Å². The summed E-state index contributed by atoms with van der Waals surface area (Å²) in [5, 5.41) is 2.80. The van der Waals surface area contributed by atoms with Gasteiger partial charge in [-0.1, -0.05) is 26.0 Å². The van der Waals surface area contributed by atoms with Gasteiger partial charge in [-0.15, -0.1) is 0 Å². The van der Waals surface area contributed by atoms with Gasteiger partial charge in [0.2, 0.25) is 5.91 Å². The lowest BCUT2D eigenvalue weighted by Crippen LogP contribution is -2.18. The second-order valence-corrected chi connectivity index (χ2v) is 4.86. The van der Waals surface area contributed by atoms with Crippen LogP contribution in [0.5, 0.6) is 0 Å². The van der Waals surface area contributed by atoms with E-state index in [0.717, 1.165) is 12.8 Å². The Hall–Kier alpha value is -1.64. The molecule has 0 spiro atoms. The first-order valence-corrected chi connectivity index (χ1v) is 6.03. The Morgan fingerprint density at radius 2 is 2.00 bits per heavy atom.